The topological polar surface area (TPSA) is 0 Å². The first-order valence-corrected chi connectivity index (χ1v) is 29.8. The quantitative estimate of drug-likeness (QED) is 0.105. The summed E-state index contributed by atoms with van der Waals surface area (Å²) in [6.45, 7) is 1.77. The molecule has 0 bridgehead atoms. The van der Waals surface area contributed by atoms with E-state index in [-0.39, 0.29) is 6.04 Å². The Hall–Kier alpha value is -3.47. The molecule has 0 nitrogen and oxygen atoms in total. The molecule has 8 aromatic rings. The van der Waals surface area contributed by atoms with Crippen molar-refractivity contribution in [1.82, 2.24) is 0 Å². The van der Waals surface area contributed by atoms with Gasteiger partial charge in [-0.05, 0) is 69.5 Å². The smallest absolute Gasteiger partial charge is 0.0178 e. The molecule has 8 aromatic carbocycles. The van der Waals surface area contributed by atoms with Gasteiger partial charge in [-0.3, -0.25) is 0 Å². The van der Waals surface area contributed by atoms with Crippen molar-refractivity contribution in [3.05, 3.63) is 157 Å². The molecular weight excluding hydrogens is 896 g/mol. The van der Waals surface area contributed by atoms with Crippen molar-refractivity contribution in [2.45, 2.75) is 89.4 Å². The van der Waals surface area contributed by atoms with Gasteiger partial charge in [0.05, 0.1) is 0 Å². The fourth-order valence-electron chi connectivity index (χ4n) is 9.41. The molecule has 0 spiro atoms. The molecule has 312 valence electrons. The molecule has 0 aromatic heterocycles. The number of alkyl halides is 3. The van der Waals surface area contributed by atoms with E-state index in [1.54, 1.807) is 6.55 Å². The zero-order valence-corrected chi connectivity index (χ0v) is 39.9. The zero-order valence-electron chi connectivity index (χ0n) is 34.9. The maximum Gasteiger partial charge on any atom is -0.0178 e. The molecular formula is C54H53Cl2F3SiZr. The van der Waals surface area contributed by atoms with Crippen LogP contribution in [0.5, 0.6) is 0 Å². The molecule has 2 saturated carbocycles. The van der Waals surface area contributed by atoms with Crippen LogP contribution >= 0.6 is 17.0 Å². The van der Waals surface area contributed by atoms with Crippen LogP contribution < -0.4 is 0 Å². The molecule has 0 unspecified atom stereocenters. The van der Waals surface area contributed by atoms with E-state index in [1.165, 1.54) is 141 Å². The summed E-state index contributed by atoms with van der Waals surface area (Å²) in [6.07, 6.45) is 9.31. The van der Waals surface area contributed by atoms with Crippen LogP contribution in [-0.4, -0.2) is 15.7 Å². The summed E-state index contributed by atoms with van der Waals surface area (Å²) in [5.74, 6) is 1.81. The van der Waals surface area contributed by atoms with Gasteiger partial charge >= 0.3 is 44.1 Å². The Kier molecular flexibility index (Phi) is 16.6. The molecule has 0 atom stereocenters. The Morgan fingerprint density at radius 1 is 0.557 bits per heavy atom. The summed E-state index contributed by atoms with van der Waals surface area (Å²) in [7, 11) is 10.3. The van der Waals surface area contributed by atoms with Crippen LogP contribution in [0.3, 0.4) is 0 Å². The van der Waals surface area contributed by atoms with Gasteiger partial charge in [0.2, 0.25) is 0 Å². The molecule has 0 heterocycles. The zero-order chi connectivity index (χ0) is 42.6. The number of rotatable bonds is 8. The third kappa shape index (κ3) is 12.6. The van der Waals surface area contributed by atoms with Gasteiger partial charge in [-0.25, -0.2) is 0 Å². The van der Waals surface area contributed by atoms with Crippen LogP contribution in [0.25, 0.3) is 65.3 Å². The van der Waals surface area contributed by atoms with E-state index in [4.69, 9.17) is 17.0 Å². The van der Waals surface area contributed by atoms with Crippen molar-refractivity contribution < 1.29 is 34.0 Å². The summed E-state index contributed by atoms with van der Waals surface area (Å²) in [5.41, 5.74) is 8.41. The van der Waals surface area contributed by atoms with Crippen LogP contribution in [0.15, 0.2) is 146 Å². The third-order valence-electron chi connectivity index (χ3n) is 12.4. The fraction of sp³-hybridized carbons (Fsp3) is 0.296. The van der Waals surface area contributed by atoms with Crippen molar-refractivity contribution in [3.63, 3.8) is 0 Å². The van der Waals surface area contributed by atoms with Crippen molar-refractivity contribution in [2.24, 2.45) is 11.8 Å². The summed E-state index contributed by atoms with van der Waals surface area (Å²) in [6, 6.07) is 54.4. The SMILES string of the molecule is C[Si]CCC(F)(F)F.[Cl][Zr+2][Cl].c1ccc2cc(-c3cccc4[cH-]c(CC5CCCC5)cc34)ccc2c1.c1ccc2cc(-c3cccc4[cH-]c(CC5CCCC5)cc34)ccc2c1. The number of fused-ring (bicyclic) bond motifs is 4. The standard InChI is InChI=1S/2C25H23.C4H7F3Si.2ClH.Zr/c2*1-2-7-18(6-1)14-19-15-22-10-5-11-24(25(22)16-19)23-13-12-20-8-3-4-9-21(20)17-23;1-8-3-2-4(5,6)7;;;/h2*3-5,8-13,15-18H,1-2,6-7,14H2;2-3H2,1H3;2*1H;/q2*-1;;;;+4/p-2. The van der Waals surface area contributed by atoms with E-state index < -0.39 is 33.4 Å². The normalized spacial score (nSPS) is 14.3. The van der Waals surface area contributed by atoms with Gasteiger partial charge in [0.1, 0.15) is 0 Å². The largest absolute Gasteiger partial charge is 0.164 e. The van der Waals surface area contributed by atoms with E-state index in [9.17, 15) is 13.2 Å². The minimum Gasteiger partial charge on any atom is -0.164 e. The van der Waals surface area contributed by atoms with Crippen molar-refractivity contribution in [3.8, 4) is 22.3 Å². The summed E-state index contributed by atoms with van der Waals surface area (Å²) >= 11 is -0.826. The molecule has 2 aliphatic carbocycles. The Labute approximate surface area is 381 Å². The maximum absolute atomic E-state index is 11.2. The first-order valence-electron chi connectivity index (χ1n) is 21.7. The van der Waals surface area contributed by atoms with Crippen LogP contribution in [0, 0.1) is 11.8 Å². The number of halogens is 5. The minimum atomic E-state index is -3.94. The summed E-state index contributed by atoms with van der Waals surface area (Å²) < 4.78 is 33.7. The monoisotopic (exact) mass is 946 g/mol. The van der Waals surface area contributed by atoms with E-state index in [2.05, 4.69) is 146 Å². The number of hydrogen-bond acceptors (Lipinski definition) is 0. The molecule has 2 aliphatic rings. The third-order valence-corrected chi connectivity index (χ3v) is 13.1. The van der Waals surface area contributed by atoms with Crippen LogP contribution in [-0.2, 0) is 33.7 Å². The molecule has 0 N–H and O–H groups in total. The Bertz CT molecular complexity index is 2440. The molecule has 0 saturated heterocycles. The van der Waals surface area contributed by atoms with Gasteiger partial charge in [-0.1, -0.05) is 160 Å². The Morgan fingerprint density at radius 2 is 0.967 bits per heavy atom. The second kappa shape index (κ2) is 22.2. The van der Waals surface area contributed by atoms with Crippen molar-refractivity contribution in [2.75, 3.05) is 0 Å². The van der Waals surface area contributed by atoms with Gasteiger partial charge in [0.15, 0.2) is 0 Å². The minimum absolute atomic E-state index is 0.281. The van der Waals surface area contributed by atoms with E-state index in [0.717, 1.165) is 11.8 Å². The average molecular weight is 949 g/mol. The number of hydrogen-bond donors (Lipinski definition) is 0. The first kappa shape index (κ1) is 45.6. The van der Waals surface area contributed by atoms with Crippen molar-refractivity contribution >= 4 is 69.6 Å². The summed E-state index contributed by atoms with van der Waals surface area (Å²) in [4.78, 5) is 0. The molecule has 7 heteroatoms. The Morgan fingerprint density at radius 3 is 1.34 bits per heavy atom. The molecule has 10 rings (SSSR count). The summed E-state index contributed by atoms with van der Waals surface area (Å²) in [5, 5.41) is 10.8. The van der Waals surface area contributed by atoms with E-state index in [1.807, 2.05) is 0 Å². The van der Waals surface area contributed by atoms with Crippen LogP contribution in [0.1, 0.15) is 68.9 Å². The second-order valence-electron chi connectivity index (χ2n) is 16.7. The average Bonchev–Trinajstić information content (AvgIpc) is 4.12. The van der Waals surface area contributed by atoms with Crippen molar-refractivity contribution in [1.29, 1.82) is 0 Å². The maximum atomic E-state index is 11.2. The van der Waals surface area contributed by atoms with Gasteiger partial charge in [-0.15, -0.1) is 69.1 Å². The first-order chi connectivity index (χ1) is 29.7. The van der Waals surface area contributed by atoms with Crippen LogP contribution in [0.4, 0.5) is 13.2 Å². The molecule has 0 amide bonds. The van der Waals surface area contributed by atoms with Crippen LogP contribution in [0.2, 0.25) is 12.6 Å². The molecule has 61 heavy (non-hydrogen) atoms. The predicted octanol–water partition coefficient (Wildman–Crippen LogP) is 17.7. The molecule has 2 radical (unpaired) electrons. The fourth-order valence-corrected chi connectivity index (χ4v) is 9.94. The van der Waals surface area contributed by atoms with E-state index >= 15 is 0 Å². The molecule has 0 aliphatic heterocycles. The number of benzene rings is 6. The molecule has 2 fully saturated rings. The second-order valence-corrected chi connectivity index (χ2v) is 21.7. The Balaban J connectivity index is 0.000000149. The van der Waals surface area contributed by atoms with Gasteiger partial charge in [0, 0.05) is 15.9 Å². The van der Waals surface area contributed by atoms with Gasteiger partial charge < -0.3 is 0 Å². The van der Waals surface area contributed by atoms with E-state index in [0.29, 0.717) is 9.52 Å². The predicted molar refractivity (Wildman–Crippen MR) is 255 cm³/mol. The van der Waals surface area contributed by atoms with Gasteiger partial charge in [0.25, 0.3) is 0 Å². The van der Waals surface area contributed by atoms with Gasteiger partial charge in [-0.2, -0.15) is 25.3 Å².